The number of anilines is 1. The molecule has 0 unspecified atom stereocenters. The number of hydrogen-bond acceptors (Lipinski definition) is 5. The van der Waals surface area contributed by atoms with Gasteiger partial charge in [0.05, 0.1) is 12.3 Å². The molecule has 9 nitrogen and oxygen atoms in total. The molecule has 28 heavy (non-hydrogen) atoms. The van der Waals surface area contributed by atoms with Crippen molar-refractivity contribution in [2.75, 3.05) is 57.7 Å². The molecule has 1 fully saturated rings. The summed E-state index contributed by atoms with van der Waals surface area (Å²) >= 11 is 0. The Balaban J connectivity index is 2.11. The number of amides is 2. The number of benzene rings is 1. The van der Waals surface area contributed by atoms with Gasteiger partial charge in [-0.3, -0.25) is 4.79 Å². The maximum Gasteiger partial charge on any atom is 0.409 e. The summed E-state index contributed by atoms with van der Waals surface area (Å²) in [6.45, 7) is 2.72. The van der Waals surface area contributed by atoms with E-state index in [4.69, 9.17) is 4.74 Å². The smallest absolute Gasteiger partial charge is 0.409 e. The average Bonchev–Trinajstić information content (AvgIpc) is 2.67. The van der Waals surface area contributed by atoms with E-state index in [-0.39, 0.29) is 25.4 Å². The van der Waals surface area contributed by atoms with Crippen LogP contribution in [0.1, 0.15) is 6.92 Å². The van der Waals surface area contributed by atoms with Crippen molar-refractivity contribution < 1.29 is 27.1 Å². The van der Waals surface area contributed by atoms with Crippen LogP contribution in [0.4, 0.5) is 14.9 Å². The number of rotatable bonds is 6. The van der Waals surface area contributed by atoms with Crippen molar-refractivity contribution in [3.05, 3.63) is 30.1 Å². The Labute approximate surface area is 164 Å². The number of carbonyl (C=O) groups excluding carboxylic acids is 2. The van der Waals surface area contributed by atoms with Crippen LogP contribution in [0.3, 0.4) is 0 Å². The quantitative estimate of drug-likeness (QED) is 0.682. The number of piperazine rings is 1. The molecule has 1 aliphatic rings. The third-order valence-electron chi connectivity index (χ3n) is 4.29. The van der Waals surface area contributed by atoms with Gasteiger partial charge in [0.1, 0.15) is 12.4 Å². The average molecular weight is 416 g/mol. The lowest BCUT2D eigenvalue weighted by Gasteiger charge is -2.35. The summed E-state index contributed by atoms with van der Waals surface area (Å²) in [5.74, 6) is -0.911. The van der Waals surface area contributed by atoms with Crippen molar-refractivity contribution >= 4 is 27.9 Å². The first-order chi connectivity index (χ1) is 13.2. The molecule has 11 heteroatoms. The van der Waals surface area contributed by atoms with E-state index in [0.717, 1.165) is 20.7 Å². The number of ether oxygens (including phenoxy) is 1. The van der Waals surface area contributed by atoms with Crippen molar-refractivity contribution in [2.45, 2.75) is 6.92 Å². The number of carbonyl (C=O) groups is 2. The van der Waals surface area contributed by atoms with E-state index in [1.54, 1.807) is 6.92 Å². The molecule has 156 valence electrons. The second-order valence-electron chi connectivity index (χ2n) is 6.34. The summed E-state index contributed by atoms with van der Waals surface area (Å²) in [6.07, 6.45) is -0.433. The molecular weight excluding hydrogens is 391 g/mol. The summed E-state index contributed by atoms with van der Waals surface area (Å²) in [5.41, 5.74) is 0.189. The van der Waals surface area contributed by atoms with Crippen LogP contribution in [0.2, 0.25) is 0 Å². The van der Waals surface area contributed by atoms with Crippen LogP contribution in [0.25, 0.3) is 0 Å². The predicted octanol–water partition coefficient (Wildman–Crippen LogP) is 0.739. The fourth-order valence-electron chi connectivity index (χ4n) is 2.69. The largest absolute Gasteiger partial charge is 0.450 e. The predicted molar refractivity (Wildman–Crippen MR) is 102 cm³/mol. The first-order valence-electron chi connectivity index (χ1n) is 8.82. The maximum absolute atomic E-state index is 13.2. The molecule has 0 N–H and O–H groups in total. The minimum Gasteiger partial charge on any atom is -0.450 e. The number of nitrogens with zero attached hydrogens (tertiary/aromatic N) is 4. The van der Waals surface area contributed by atoms with Crippen molar-refractivity contribution in [1.82, 2.24) is 14.1 Å². The lowest BCUT2D eigenvalue weighted by molar-refractivity contribution is -0.131. The molecule has 0 spiro atoms. The van der Waals surface area contributed by atoms with E-state index in [1.807, 2.05) is 0 Å². The van der Waals surface area contributed by atoms with Crippen molar-refractivity contribution in [1.29, 1.82) is 0 Å². The molecule has 0 aromatic heterocycles. The zero-order valence-electron chi connectivity index (χ0n) is 16.2. The highest BCUT2D eigenvalue weighted by molar-refractivity contribution is 7.90. The topological polar surface area (TPSA) is 90.5 Å². The van der Waals surface area contributed by atoms with Crippen molar-refractivity contribution in [3.8, 4) is 0 Å². The Kier molecular flexibility index (Phi) is 7.19. The highest BCUT2D eigenvalue weighted by Crippen LogP contribution is 2.20. The minimum absolute atomic E-state index is 0.189. The molecule has 1 heterocycles. The van der Waals surface area contributed by atoms with Crippen molar-refractivity contribution in [3.63, 3.8) is 0 Å². The van der Waals surface area contributed by atoms with Crippen LogP contribution >= 0.6 is 0 Å². The molecule has 0 aliphatic carbocycles. The van der Waals surface area contributed by atoms with Gasteiger partial charge in [0.15, 0.2) is 0 Å². The Morgan fingerprint density at radius 2 is 1.61 bits per heavy atom. The molecular formula is C17H25FN4O5S. The first kappa shape index (κ1) is 21.9. The Bertz CT molecular complexity index is 792. The van der Waals surface area contributed by atoms with E-state index in [2.05, 4.69) is 0 Å². The number of hydrogen-bond donors (Lipinski definition) is 0. The van der Waals surface area contributed by atoms with E-state index in [0.29, 0.717) is 13.1 Å². The van der Waals surface area contributed by atoms with Crippen LogP contribution in [-0.4, -0.2) is 87.9 Å². The molecule has 2 amide bonds. The highest BCUT2D eigenvalue weighted by atomic mass is 32.2. The van der Waals surface area contributed by atoms with E-state index >= 15 is 0 Å². The zero-order valence-corrected chi connectivity index (χ0v) is 17.0. The lowest BCUT2D eigenvalue weighted by Crippen LogP contribution is -2.54. The Morgan fingerprint density at radius 1 is 1.07 bits per heavy atom. The summed E-state index contributed by atoms with van der Waals surface area (Å²) in [4.78, 5) is 27.5. The van der Waals surface area contributed by atoms with Gasteiger partial charge in [-0.15, -0.1) is 0 Å². The van der Waals surface area contributed by atoms with E-state index < -0.39 is 34.6 Å². The third-order valence-corrected chi connectivity index (χ3v) is 6.11. The minimum atomic E-state index is -3.96. The monoisotopic (exact) mass is 416 g/mol. The van der Waals surface area contributed by atoms with Crippen LogP contribution in [0.5, 0.6) is 0 Å². The van der Waals surface area contributed by atoms with Gasteiger partial charge < -0.3 is 14.5 Å². The van der Waals surface area contributed by atoms with Gasteiger partial charge >= 0.3 is 16.3 Å². The van der Waals surface area contributed by atoms with Crippen LogP contribution < -0.4 is 4.31 Å². The standard InChI is InChI=1S/C17H25FN4O5S/c1-4-27-17(24)21-11-9-20(10-12-21)16(23)13-22(28(25,26)19(2)3)15-7-5-14(18)6-8-15/h5-8H,4,9-13H2,1-3H3. The summed E-state index contributed by atoms with van der Waals surface area (Å²) < 4.78 is 45.4. The first-order valence-corrected chi connectivity index (χ1v) is 10.2. The van der Waals surface area contributed by atoms with Gasteiger partial charge in [-0.2, -0.15) is 12.7 Å². The van der Waals surface area contributed by atoms with Gasteiger partial charge in [0.25, 0.3) is 0 Å². The van der Waals surface area contributed by atoms with Gasteiger partial charge in [-0.1, -0.05) is 0 Å². The Morgan fingerprint density at radius 3 is 2.11 bits per heavy atom. The van der Waals surface area contributed by atoms with Gasteiger partial charge in [-0.05, 0) is 31.2 Å². The fraction of sp³-hybridized carbons (Fsp3) is 0.529. The summed E-state index contributed by atoms with van der Waals surface area (Å²) in [7, 11) is -1.25. The Hall–Kier alpha value is -2.40. The third kappa shape index (κ3) is 5.10. The van der Waals surface area contributed by atoms with Crippen LogP contribution in [0.15, 0.2) is 24.3 Å². The van der Waals surface area contributed by atoms with E-state index in [9.17, 15) is 22.4 Å². The molecule has 0 bridgehead atoms. The fourth-order valence-corrected chi connectivity index (χ4v) is 3.74. The summed E-state index contributed by atoms with van der Waals surface area (Å²) in [5, 5.41) is 0. The molecule has 1 aromatic rings. The number of halogens is 1. The zero-order chi connectivity index (χ0) is 20.9. The van der Waals surface area contributed by atoms with Crippen LogP contribution in [-0.2, 0) is 19.7 Å². The molecule has 0 saturated carbocycles. The summed E-state index contributed by atoms with van der Waals surface area (Å²) in [6, 6.07) is 4.89. The molecule has 2 rings (SSSR count). The van der Waals surface area contributed by atoms with E-state index in [1.165, 1.54) is 36.0 Å². The van der Waals surface area contributed by atoms with Gasteiger partial charge in [0, 0.05) is 40.3 Å². The molecule has 0 atom stereocenters. The molecule has 1 aliphatic heterocycles. The highest BCUT2D eigenvalue weighted by Gasteiger charge is 2.31. The second-order valence-corrected chi connectivity index (χ2v) is 8.41. The normalized spacial score (nSPS) is 14.9. The molecule has 1 saturated heterocycles. The SMILES string of the molecule is CCOC(=O)N1CCN(C(=O)CN(c2ccc(F)cc2)S(=O)(=O)N(C)C)CC1. The molecule has 1 aromatic carbocycles. The lowest BCUT2D eigenvalue weighted by atomic mass is 10.3. The molecule has 0 radical (unpaired) electrons. The van der Waals surface area contributed by atoms with Gasteiger partial charge in [0.2, 0.25) is 5.91 Å². The second kappa shape index (κ2) is 9.20. The van der Waals surface area contributed by atoms with Crippen LogP contribution in [0, 0.1) is 5.82 Å². The van der Waals surface area contributed by atoms with Crippen molar-refractivity contribution in [2.24, 2.45) is 0 Å². The maximum atomic E-state index is 13.2. The van der Waals surface area contributed by atoms with Gasteiger partial charge in [-0.25, -0.2) is 13.5 Å².